The van der Waals surface area contributed by atoms with Crippen LogP contribution < -0.4 is 26.6 Å². The zero-order chi connectivity index (χ0) is 62.1. The molecule has 0 unspecified atom stereocenters. The van der Waals surface area contributed by atoms with Crippen molar-refractivity contribution in [2.75, 3.05) is 20.2 Å². The van der Waals surface area contributed by atoms with Crippen LogP contribution in [0, 0.1) is 15.5 Å². The Morgan fingerprint density at radius 3 is 1.77 bits per heavy atom. The summed E-state index contributed by atoms with van der Waals surface area (Å²) in [6.07, 6.45) is -14.3. The molecule has 4 rings (SSSR count). The molecule has 1 aromatic carbocycles. The number of carbonyl (C=O) groups excluding carboxylic acids is 6. The van der Waals surface area contributed by atoms with E-state index in [0.29, 0.717) is 5.56 Å². The van der Waals surface area contributed by atoms with Gasteiger partial charge in [0.2, 0.25) is 18.2 Å². The number of hydrogen-bond donors (Lipinski definition) is 8. The molecule has 1 saturated heterocycles. The van der Waals surface area contributed by atoms with Gasteiger partial charge in [0.25, 0.3) is 5.69 Å². The van der Waals surface area contributed by atoms with E-state index in [1.807, 2.05) is 20.8 Å². The molecule has 0 spiro atoms. The third kappa shape index (κ3) is 22.3. The highest BCUT2D eigenvalue weighted by molar-refractivity contribution is 6.01. The number of aliphatic hydroxyl groups is 3. The number of hydrogen-bond acceptors (Lipinski definition) is 21. The van der Waals surface area contributed by atoms with Crippen LogP contribution in [-0.2, 0) is 54.0 Å². The predicted molar refractivity (Wildman–Crippen MR) is 293 cm³/mol. The maximum absolute atomic E-state index is 13.9. The summed E-state index contributed by atoms with van der Waals surface area (Å²) in [6.45, 7) is 25.1. The number of likely N-dealkylation sites (N-methyl/N-ethyl adjacent to an activating group) is 1. The van der Waals surface area contributed by atoms with Gasteiger partial charge in [-0.05, 0) is 132 Å². The molecule has 1 aromatic rings. The van der Waals surface area contributed by atoms with Gasteiger partial charge in [-0.25, -0.2) is 29.0 Å². The van der Waals surface area contributed by atoms with E-state index < -0.39 is 148 Å². The molecule has 3 aliphatic rings. The van der Waals surface area contributed by atoms with Crippen molar-refractivity contribution in [3.8, 4) is 0 Å². The van der Waals surface area contributed by atoms with Crippen LogP contribution in [0.3, 0.4) is 0 Å². The van der Waals surface area contributed by atoms with E-state index in [1.165, 1.54) is 44.3 Å². The molecule has 2 aliphatic heterocycles. The summed E-state index contributed by atoms with van der Waals surface area (Å²) < 4.78 is 52.9. The Morgan fingerprint density at radius 2 is 1.26 bits per heavy atom. The number of non-ortho nitro benzene ring substituents is 1. The van der Waals surface area contributed by atoms with Gasteiger partial charge in [0.1, 0.15) is 70.8 Å². The Balaban J connectivity index is 1.84. The van der Waals surface area contributed by atoms with Crippen LogP contribution in [0.2, 0.25) is 0 Å². The van der Waals surface area contributed by atoms with E-state index in [0.717, 1.165) is 4.90 Å². The minimum atomic E-state index is -1.94. The first-order valence-electron chi connectivity index (χ1n) is 26.8. The van der Waals surface area contributed by atoms with Crippen LogP contribution in [-0.4, -0.2) is 177 Å². The number of nitrogens with one attached hydrogen (secondary N) is 5. The second-order valence-electron chi connectivity index (χ2n) is 25.7. The fraction of sp³-hybridized carbons (Fsp3) is 0.722. The van der Waals surface area contributed by atoms with Gasteiger partial charge in [-0.15, -0.1) is 0 Å². The van der Waals surface area contributed by atoms with Crippen LogP contribution in [0.5, 0.6) is 0 Å². The van der Waals surface area contributed by atoms with Crippen molar-refractivity contribution in [3.05, 3.63) is 51.8 Å². The van der Waals surface area contributed by atoms with Gasteiger partial charge in [-0.3, -0.25) is 25.5 Å². The van der Waals surface area contributed by atoms with Gasteiger partial charge in [0, 0.05) is 25.6 Å². The number of carbonyl (C=O) groups is 6. The van der Waals surface area contributed by atoms with Crippen molar-refractivity contribution < 1.29 is 91.6 Å². The van der Waals surface area contributed by atoms with Crippen LogP contribution >= 0.6 is 0 Å². The molecule has 11 atom stereocenters. The molecule has 28 nitrogen and oxygen atoms in total. The molecule has 0 radical (unpaired) electrons. The number of aliphatic hydroxyl groups excluding tert-OH is 2. The van der Waals surface area contributed by atoms with Crippen molar-refractivity contribution >= 4 is 48.0 Å². The van der Waals surface area contributed by atoms with E-state index >= 15 is 0 Å². The number of guanidine groups is 1. The number of rotatable bonds is 14. The van der Waals surface area contributed by atoms with Crippen LogP contribution in [0.25, 0.3) is 0 Å². The Labute approximate surface area is 478 Å². The molecule has 1 aliphatic carbocycles. The van der Waals surface area contributed by atoms with Crippen LogP contribution in [0.15, 0.2) is 41.1 Å². The Kier molecular flexibility index (Phi) is 22.5. The second-order valence-corrected chi connectivity index (χ2v) is 25.7. The summed E-state index contributed by atoms with van der Waals surface area (Å²) in [6, 6.07) is 0.107. The van der Waals surface area contributed by atoms with Crippen LogP contribution in [0.4, 0.5) is 29.7 Å². The standard InChI is InChI=1S/C54H86N8O20/c1-49(2,3)25-35(63)56-33-24-34(58-45(67)79-50(4,5)6)39(36(64)38(33)78-42-37(65)40(54(16,71)28-75-42)61(17)48(70)82-53(13,14)15)77-41-32(57-43(59-46(68)80-51(7,8)9)60-47(69)81-52(10,11)12)23-22-31(76-41)26-55-44(66)74-27-29-18-20-30(21-19-29)62(72)73/h18-22,32-34,36-42,64-65,71H,23-28H2,1-17H3,(H,55,66)(H,56,63)(H,58,67)(H2,57,59,60,68,69)/t32-,33-,34+,36-,37-,38+,39-,40-,41-,42-,54+/m1/s1. The van der Waals surface area contributed by atoms with E-state index in [2.05, 4.69) is 31.6 Å². The lowest BCUT2D eigenvalue weighted by Gasteiger charge is -2.50. The number of aliphatic imine (C=N–C) groups is 1. The summed E-state index contributed by atoms with van der Waals surface area (Å²) in [5.74, 6) is -0.958. The average molecular weight is 1170 g/mol. The lowest BCUT2D eigenvalue weighted by atomic mass is 9.82. The second kappa shape index (κ2) is 27.2. The van der Waals surface area contributed by atoms with Crippen molar-refractivity contribution in [1.82, 2.24) is 31.5 Å². The minimum absolute atomic E-state index is 0.0229. The summed E-state index contributed by atoms with van der Waals surface area (Å²) >= 11 is 0. The first-order valence-corrected chi connectivity index (χ1v) is 26.8. The molecule has 2 heterocycles. The number of nitro benzene ring substituents is 1. The quantitative estimate of drug-likeness (QED) is 0.0386. The Morgan fingerprint density at radius 1 is 0.744 bits per heavy atom. The third-order valence-electron chi connectivity index (χ3n) is 11.8. The minimum Gasteiger partial charge on any atom is -0.465 e. The summed E-state index contributed by atoms with van der Waals surface area (Å²) in [4.78, 5) is 96.9. The summed E-state index contributed by atoms with van der Waals surface area (Å²) in [5.41, 5.74) is -6.20. The monoisotopic (exact) mass is 1170 g/mol. The van der Waals surface area contributed by atoms with E-state index in [4.69, 9.17) is 42.6 Å². The normalized spacial score (nSPS) is 26.0. The highest BCUT2D eigenvalue weighted by Gasteiger charge is 2.55. The lowest BCUT2D eigenvalue weighted by Crippen LogP contribution is -2.70. The van der Waals surface area contributed by atoms with E-state index in [9.17, 15) is 54.2 Å². The smallest absolute Gasteiger partial charge is 0.414 e. The number of alkyl carbamates (subject to hydrolysis) is 4. The van der Waals surface area contributed by atoms with Gasteiger partial charge >= 0.3 is 30.5 Å². The third-order valence-corrected chi connectivity index (χ3v) is 11.8. The molecule has 462 valence electrons. The van der Waals surface area contributed by atoms with Crippen molar-refractivity contribution in [1.29, 1.82) is 0 Å². The predicted octanol–water partition coefficient (Wildman–Crippen LogP) is 5.28. The topological polar surface area (TPSA) is 365 Å². The van der Waals surface area contributed by atoms with Gasteiger partial charge in [-0.2, -0.15) is 0 Å². The first kappa shape index (κ1) is 67.9. The van der Waals surface area contributed by atoms with Gasteiger partial charge in [0.05, 0.1) is 36.2 Å². The fourth-order valence-corrected chi connectivity index (χ4v) is 8.63. The maximum atomic E-state index is 13.9. The van der Waals surface area contributed by atoms with Crippen molar-refractivity contribution in [3.63, 3.8) is 0 Å². The number of ether oxygens (including phenoxy) is 9. The molecular weight excluding hydrogens is 1080 g/mol. The zero-order valence-electron chi connectivity index (χ0n) is 50.0. The molecule has 0 bridgehead atoms. The van der Waals surface area contributed by atoms with Gasteiger partial charge in [-0.1, -0.05) is 20.8 Å². The van der Waals surface area contributed by atoms with Gasteiger partial charge in [0.15, 0.2) is 6.29 Å². The maximum Gasteiger partial charge on any atom is 0.414 e. The number of amides is 6. The SMILES string of the molecule is CN(C(=O)OC(C)(C)C)[C@@H]1[C@@H](O)[C@@H](O[C@@H]2[C@@H](O)[C@H](O[C@H]3OC(CNC(=O)OCc4ccc([N+](=O)[O-])cc4)=CC[C@H]3N=C(NC(=O)OC(C)(C)C)NC(=O)OC(C)(C)C)[C@@H](NC(=O)OC(C)(C)C)C[C@H]2NC(=O)CC(C)(C)C)OC[C@]1(C)O. The molecule has 82 heavy (non-hydrogen) atoms. The van der Waals surface area contributed by atoms with Crippen molar-refractivity contribution in [2.24, 2.45) is 10.4 Å². The number of benzene rings is 1. The van der Waals surface area contributed by atoms with Gasteiger partial charge < -0.3 is 78.8 Å². The molecular formula is C54H86N8O20. The molecule has 6 amide bonds. The largest absolute Gasteiger partial charge is 0.465 e. The van der Waals surface area contributed by atoms with E-state index in [1.54, 1.807) is 83.1 Å². The first-order chi connectivity index (χ1) is 37.5. The number of nitrogens with zero attached hydrogens (tertiary/aromatic N) is 3. The zero-order valence-corrected chi connectivity index (χ0v) is 50.0. The molecule has 0 aromatic heterocycles. The molecule has 28 heteroatoms. The van der Waals surface area contributed by atoms with Crippen LogP contribution in [0.1, 0.15) is 136 Å². The Bertz CT molecular complexity index is 2440. The molecule has 2 fully saturated rings. The summed E-state index contributed by atoms with van der Waals surface area (Å²) in [7, 11) is 1.31. The highest BCUT2D eigenvalue weighted by Crippen LogP contribution is 2.36. The highest BCUT2D eigenvalue weighted by atomic mass is 16.7. The average Bonchev–Trinajstić information content (AvgIpc) is 3.26. The molecule has 1 saturated carbocycles. The van der Waals surface area contributed by atoms with E-state index in [-0.39, 0.29) is 43.9 Å². The molecule has 8 N–H and O–H groups in total. The lowest BCUT2D eigenvalue weighted by molar-refractivity contribution is -0.384. The van der Waals surface area contributed by atoms with Crippen molar-refractivity contribution in [2.45, 2.75) is 226 Å². The summed E-state index contributed by atoms with van der Waals surface area (Å²) in [5, 5.41) is 60.6. The fourth-order valence-electron chi connectivity index (χ4n) is 8.63. The Hall–Kier alpha value is -6.59. The number of nitro groups is 1.